The summed E-state index contributed by atoms with van der Waals surface area (Å²) in [5, 5.41) is 15.5. The van der Waals surface area contributed by atoms with Crippen LogP contribution < -0.4 is 10.6 Å². The lowest BCUT2D eigenvalue weighted by molar-refractivity contribution is -0.113. The van der Waals surface area contributed by atoms with Gasteiger partial charge in [-0.1, -0.05) is 65.3 Å². The van der Waals surface area contributed by atoms with Gasteiger partial charge in [-0.25, -0.2) is 0 Å². The van der Waals surface area contributed by atoms with Gasteiger partial charge in [-0.2, -0.15) is 0 Å². The lowest BCUT2D eigenvalue weighted by Gasteiger charge is -2.22. The van der Waals surface area contributed by atoms with Crippen LogP contribution in [0.25, 0.3) is 0 Å². The zero-order valence-corrected chi connectivity index (χ0v) is 23.7. The van der Waals surface area contributed by atoms with Crippen LogP contribution in [0.15, 0.2) is 58.7 Å². The average Bonchev–Trinajstić information content (AvgIpc) is 3.20. The molecule has 0 aliphatic heterocycles. The van der Waals surface area contributed by atoms with Gasteiger partial charge in [0.1, 0.15) is 0 Å². The normalized spacial score (nSPS) is 11.9. The van der Waals surface area contributed by atoms with Gasteiger partial charge in [-0.3, -0.25) is 9.59 Å². The van der Waals surface area contributed by atoms with Crippen molar-refractivity contribution in [2.24, 2.45) is 5.92 Å². The number of halogens is 1. The van der Waals surface area contributed by atoms with Crippen molar-refractivity contribution in [3.63, 3.8) is 0 Å². The zero-order valence-electron chi connectivity index (χ0n) is 21.3. The molecule has 2 aromatic carbocycles. The van der Waals surface area contributed by atoms with Crippen LogP contribution in [0.5, 0.6) is 0 Å². The van der Waals surface area contributed by atoms with E-state index in [1.54, 1.807) is 12.1 Å². The maximum Gasteiger partial charge on any atom is 0.251 e. The van der Waals surface area contributed by atoms with E-state index in [0.717, 1.165) is 26.9 Å². The Balaban J connectivity index is 1.77. The summed E-state index contributed by atoms with van der Waals surface area (Å²) in [7, 11) is 0. The second kappa shape index (κ2) is 12.4. The maximum absolute atomic E-state index is 13.0. The minimum absolute atomic E-state index is 0.0658. The van der Waals surface area contributed by atoms with Crippen molar-refractivity contribution < 1.29 is 9.59 Å². The number of anilines is 1. The van der Waals surface area contributed by atoms with Gasteiger partial charge in [0, 0.05) is 22.3 Å². The summed E-state index contributed by atoms with van der Waals surface area (Å²) in [6, 6.07) is 11.1. The van der Waals surface area contributed by atoms with E-state index < -0.39 is 0 Å². The highest BCUT2D eigenvalue weighted by atomic mass is 79.9. The summed E-state index contributed by atoms with van der Waals surface area (Å²) in [5.74, 6) is 0.576. The Kier molecular flexibility index (Phi) is 9.50. The number of aromatic nitrogens is 3. The first-order chi connectivity index (χ1) is 17.1. The van der Waals surface area contributed by atoms with E-state index in [4.69, 9.17) is 0 Å². The molecule has 1 heterocycles. The van der Waals surface area contributed by atoms with E-state index >= 15 is 0 Å². The monoisotopic (exact) mass is 569 g/mol. The molecule has 1 aromatic heterocycles. The number of hydrogen-bond acceptors (Lipinski definition) is 5. The van der Waals surface area contributed by atoms with Gasteiger partial charge in [0.05, 0.1) is 11.8 Å². The first-order valence-corrected chi connectivity index (χ1v) is 13.5. The predicted octanol–water partition coefficient (Wildman–Crippen LogP) is 6.01. The molecule has 3 rings (SSSR count). The number of carbonyl (C=O) groups is 2. The van der Waals surface area contributed by atoms with E-state index in [1.165, 1.54) is 11.8 Å². The van der Waals surface area contributed by atoms with E-state index in [-0.39, 0.29) is 29.5 Å². The van der Waals surface area contributed by atoms with Crippen molar-refractivity contribution in [3.8, 4) is 0 Å². The van der Waals surface area contributed by atoms with Crippen molar-refractivity contribution in [1.82, 2.24) is 20.1 Å². The molecule has 1 atom stereocenters. The highest BCUT2D eigenvalue weighted by Gasteiger charge is 2.26. The lowest BCUT2D eigenvalue weighted by atomic mass is 10.0. The molecule has 9 heteroatoms. The van der Waals surface area contributed by atoms with Crippen molar-refractivity contribution >= 4 is 45.2 Å². The summed E-state index contributed by atoms with van der Waals surface area (Å²) >= 11 is 4.79. The second-order valence-electron chi connectivity index (χ2n) is 9.06. The van der Waals surface area contributed by atoms with Crippen LogP contribution in [-0.4, -0.2) is 32.3 Å². The van der Waals surface area contributed by atoms with Crippen molar-refractivity contribution in [2.45, 2.75) is 52.4 Å². The first kappa shape index (κ1) is 27.7. The number of aryl methyl sites for hydroxylation is 3. The van der Waals surface area contributed by atoms with Crippen molar-refractivity contribution in [2.75, 3.05) is 11.1 Å². The number of allylic oxidation sites excluding steroid dienone is 1. The average molecular weight is 571 g/mol. The summed E-state index contributed by atoms with van der Waals surface area (Å²) in [4.78, 5) is 25.7. The molecule has 0 fully saturated rings. The molecule has 0 saturated carbocycles. The number of nitrogens with one attached hydrogen (secondary N) is 2. The SMILES string of the molecule is C=CCn1c(SCC(=O)Nc2c(C)cc(Br)cc2C)nnc1[C@H](NC(=O)c1cccc(C)c1)C(C)C. The Hall–Kier alpha value is -2.91. The topological polar surface area (TPSA) is 88.9 Å². The highest BCUT2D eigenvalue weighted by Crippen LogP contribution is 2.28. The fraction of sp³-hybridized carbons (Fsp3) is 0.333. The molecule has 36 heavy (non-hydrogen) atoms. The third kappa shape index (κ3) is 6.85. The highest BCUT2D eigenvalue weighted by molar-refractivity contribution is 9.10. The van der Waals surface area contributed by atoms with E-state index in [2.05, 4.69) is 43.3 Å². The minimum Gasteiger partial charge on any atom is -0.342 e. The number of benzene rings is 2. The Morgan fingerprint density at radius 3 is 2.44 bits per heavy atom. The molecule has 0 bridgehead atoms. The second-order valence-corrected chi connectivity index (χ2v) is 10.9. The summed E-state index contributed by atoms with van der Waals surface area (Å²) in [5.41, 5.74) is 4.41. The molecule has 0 aliphatic carbocycles. The predicted molar refractivity (Wildman–Crippen MR) is 149 cm³/mol. The fourth-order valence-electron chi connectivity index (χ4n) is 3.89. The quantitative estimate of drug-likeness (QED) is 0.230. The molecule has 2 amide bonds. The number of nitrogens with zero attached hydrogens (tertiary/aromatic N) is 3. The minimum atomic E-state index is -0.360. The van der Waals surface area contributed by atoms with Crippen LogP contribution >= 0.6 is 27.7 Å². The fourth-order valence-corrected chi connectivity index (χ4v) is 5.33. The number of hydrogen-bond donors (Lipinski definition) is 2. The molecule has 190 valence electrons. The molecule has 2 N–H and O–H groups in total. The Bertz CT molecular complexity index is 1250. The first-order valence-electron chi connectivity index (χ1n) is 11.7. The van der Waals surface area contributed by atoms with Crippen LogP contribution in [0.4, 0.5) is 5.69 Å². The Morgan fingerprint density at radius 2 is 1.83 bits per heavy atom. The van der Waals surface area contributed by atoms with E-state index in [1.807, 2.05) is 69.5 Å². The van der Waals surface area contributed by atoms with Crippen LogP contribution in [-0.2, 0) is 11.3 Å². The molecule has 0 spiro atoms. The summed E-state index contributed by atoms with van der Waals surface area (Å²) < 4.78 is 2.88. The molecule has 0 aliphatic rings. The zero-order chi connectivity index (χ0) is 26.4. The number of thioether (sulfide) groups is 1. The van der Waals surface area contributed by atoms with Gasteiger partial charge in [0.15, 0.2) is 11.0 Å². The number of carbonyl (C=O) groups excluding carboxylic acids is 2. The summed E-state index contributed by atoms with van der Waals surface area (Å²) in [6.45, 7) is 14.3. The number of rotatable bonds is 10. The van der Waals surface area contributed by atoms with Crippen molar-refractivity contribution in [1.29, 1.82) is 0 Å². The standard InChI is InChI=1S/C27H32BrN5O2S/c1-7-11-33-25(23(16(2)3)30-26(35)20-10-8-9-17(4)12-20)31-32-27(33)36-15-22(34)29-24-18(5)13-21(28)14-19(24)6/h7-10,12-14,16,23H,1,11,15H2,2-6H3,(H,29,34)(H,30,35)/t23-/m1/s1. The van der Waals surface area contributed by atoms with E-state index in [0.29, 0.717) is 23.1 Å². The van der Waals surface area contributed by atoms with Gasteiger partial charge >= 0.3 is 0 Å². The van der Waals surface area contributed by atoms with Gasteiger partial charge in [0.25, 0.3) is 5.91 Å². The molecule has 0 unspecified atom stereocenters. The van der Waals surface area contributed by atoms with Crippen LogP contribution in [0.1, 0.15) is 52.8 Å². The Morgan fingerprint density at radius 1 is 1.14 bits per heavy atom. The van der Waals surface area contributed by atoms with Crippen molar-refractivity contribution in [3.05, 3.63) is 81.6 Å². The third-order valence-electron chi connectivity index (χ3n) is 5.66. The van der Waals surface area contributed by atoms with Crippen LogP contribution in [0.3, 0.4) is 0 Å². The lowest BCUT2D eigenvalue weighted by Crippen LogP contribution is -2.34. The van der Waals surface area contributed by atoms with E-state index in [9.17, 15) is 9.59 Å². The smallest absolute Gasteiger partial charge is 0.251 e. The van der Waals surface area contributed by atoms with Gasteiger partial charge in [-0.15, -0.1) is 16.8 Å². The molecule has 3 aromatic rings. The molecular weight excluding hydrogens is 538 g/mol. The number of amides is 2. The molecule has 0 saturated heterocycles. The molecule has 7 nitrogen and oxygen atoms in total. The maximum atomic E-state index is 13.0. The molecular formula is C27H32BrN5O2S. The third-order valence-corrected chi connectivity index (χ3v) is 7.09. The molecule has 0 radical (unpaired) electrons. The van der Waals surface area contributed by atoms with Gasteiger partial charge in [0.2, 0.25) is 5.91 Å². The summed E-state index contributed by atoms with van der Waals surface area (Å²) in [6.07, 6.45) is 1.76. The van der Waals surface area contributed by atoms with Crippen LogP contribution in [0.2, 0.25) is 0 Å². The Labute approximate surface area is 225 Å². The van der Waals surface area contributed by atoms with Gasteiger partial charge in [-0.05, 0) is 62.1 Å². The van der Waals surface area contributed by atoms with Gasteiger partial charge < -0.3 is 15.2 Å². The largest absolute Gasteiger partial charge is 0.342 e. The van der Waals surface area contributed by atoms with Crippen LogP contribution in [0, 0.1) is 26.7 Å².